The molecule has 0 unspecified atom stereocenters. The molecule has 0 saturated heterocycles. The van der Waals surface area contributed by atoms with Crippen LogP contribution in [-0.2, 0) is 20.2 Å². The minimum absolute atomic E-state index is 0.195. The molecule has 0 aromatic rings. The highest BCUT2D eigenvalue weighted by atomic mass is 32.2. The molecule has 0 amide bonds. The molecule has 126 valence electrons. The molecule has 0 spiro atoms. The lowest BCUT2D eigenvalue weighted by Crippen LogP contribution is -2.04. The van der Waals surface area contributed by atoms with Crippen LogP contribution in [0.25, 0.3) is 0 Å². The molecule has 0 radical (unpaired) electrons. The molecule has 0 fully saturated rings. The third-order valence-electron chi connectivity index (χ3n) is 1.24. The standard InChI is InChI=1S/C4H10O2.2C2H5FO3S/c5-3-1-2-4-6;2*3-1-2-7(4,5)6/h5-6H,1-4H2;2*1-2H2,(H,4,5,6). The highest BCUT2D eigenvalue weighted by Crippen LogP contribution is 1.81. The summed E-state index contributed by atoms with van der Waals surface area (Å²) in [4.78, 5) is 0. The van der Waals surface area contributed by atoms with Crippen molar-refractivity contribution in [2.24, 2.45) is 0 Å². The lowest BCUT2D eigenvalue weighted by Gasteiger charge is -1.85. The smallest absolute Gasteiger partial charge is 0.267 e. The first-order valence-electron chi connectivity index (χ1n) is 5.28. The van der Waals surface area contributed by atoms with E-state index in [9.17, 15) is 25.6 Å². The van der Waals surface area contributed by atoms with Gasteiger partial charge < -0.3 is 10.2 Å². The van der Waals surface area contributed by atoms with Gasteiger partial charge in [-0.15, -0.1) is 0 Å². The monoisotopic (exact) mass is 346 g/mol. The lowest BCUT2D eigenvalue weighted by atomic mass is 10.3. The van der Waals surface area contributed by atoms with Crippen LogP contribution in [0.4, 0.5) is 8.78 Å². The van der Waals surface area contributed by atoms with Crippen LogP contribution < -0.4 is 0 Å². The molecule has 0 aromatic heterocycles. The molecule has 20 heavy (non-hydrogen) atoms. The third kappa shape index (κ3) is 43.2. The Morgan fingerprint density at radius 2 is 0.950 bits per heavy atom. The van der Waals surface area contributed by atoms with Gasteiger partial charge >= 0.3 is 0 Å². The number of aliphatic hydroxyl groups excluding tert-OH is 2. The van der Waals surface area contributed by atoms with E-state index in [-0.39, 0.29) is 13.2 Å². The van der Waals surface area contributed by atoms with E-state index >= 15 is 0 Å². The Bertz CT molecular complexity index is 343. The fourth-order valence-electron chi connectivity index (χ4n) is 0.419. The van der Waals surface area contributed by atoms with Crippen molar-refractivity contribution >= 4 is 20.2 Å². The number of aliphatic hydroxyl groups is 2. The van der Waals surface area contributed by atoms with E-state index in [1.54, 1.807) is 0 Å². The van der Waals surface area contributed by atoms with E-state index in [1.807, 2.05) is 0 Å². The maximum absolute atomic E-state index is 10.9. The molecular weight excluding hydrogens is 326 g/mol. The van der Waals surface area contributed by atoms with Gasteiger partial charge in [0.25, 0.3) is 20.2 Å². The van der Waals surface area contributed by atoms with Crippen LogP contribution in [0, 0.1) is 0 Å². The van der Waals surface area contributed by atoms with Crippen molar-refractivity contribution in [1.29, 1.82) is 0 Å². The molecule has 0 aliphatic carbocycles. The zero-order chi connectivity index (χ0) is 16.7. The zero-order valence-corrected chi connectivity index (χ0v) is 12.3. The third-order valence-corrected chi connectivity index (χ3v) is 2.58. The Morgan fingerprint density at radius 3 is 1.00 bits per heavy atom. The van der Waals surface area contributed by atoms with Gasteiger partial charge in [-0.25, -0.2) is 8.78 Å². The van der Waals surface area contributed by atoms with Gasteiger partial charge in [0.2, 0.25) is 0 Å². The van der Waals surface area contributed by atoms with Gasteiger partial charge in [-0.1, -0.05) is 0 Å². The van der Waals surface area contributed by atoms with Crippen LogP contribution in [0.3, 0.4) is 0 Å². The second-order valence-corrected chi connectivity index (χ2v) is 6.25. The maximum atomic E-state index is 10.9. The van der Waals surface area contributed by atoms with E-state index in [0.717, 1.165) is 12.8 Å². The average Bonchev–Trinajstić information content (AvgIpc) is 2.24. The van der Waals surface area contributed by atoms with Crippen molar-refractivity contribution < 1.29 is 44.9 Å². The first-order chi connectivity index (χ1) is 9.04. The number of halogens is 2. The molecule has 0 rings (SSSR count). The Labute approximate surface area is 116 Å². The second-order valence-electron chi connectivity index (χ2n) is 3.10. The van der Waals surface area contributed by atoms with Gasteiger partial charge in [0.1, 0.15) is 24.9 Å². The molecule has 0 aliphatic rings. The van der Waals surface area contributed by atoms with Gasteiger partial charge in [-0.2, -0.15) is 16.8 Å². The molecule has 0 aromatic carbocycles. The van der Waals surface area contributed by atoms with Crippen LogP contribution >= 0.6 is 0 Å². The molecular formula is C8H20F2O8S2. The summed E-state index contributed by atoms with van der Waals surface area (Å²) in [7, 11) is -8.10. The number of alkyl halides is 2. The van der Waals surface area contributed by atoms with Crippen molar-refractivity contribution in [1.82, 2.24) is 0 Å². The summed E-state index contributed by atoms with van der Waals surface area (Å²) in [5, 5.41) is 16.2. The van der Waals surface area contributed by atoms with E-state index in [4.69, 9.17) is 19.3 Å². The summed E-state index contributed by atoms with van der Waals surface area (Å²) in [6.07, 6.45) is 1.44. The van der Waals surface area contributed by atoms with Crippen LogP contribution in [0.2, 0.25) is 0 Å². The quantitative estimate of drug-likeness (QED) is 0.354. The summed E-state index contributed by atoms with van der Waals surface area (Å²) in [5.74, 6) is -1.60. The van der Waals surface area contributed by atoms with Gasteiger partial charge in [0.05, 0.1) is 0 Å². The lowest BCUT2D eigenvalue weighted by molar-refractivity contribution is 0.242. The summed E-state index contributed by atoms with van der Waals surface area (Å²) in [6.45, 7) is -1.67. The molecule has 0 aliphatic heterocycles. The van der Waals surface area contributed by atoms with Crippen molar-refractivity contribution in [2.45, 2.75) is 12.8 Å². The number of rotatable bonds is 7. The molecule has 8 nitrogen and oxygen atoms in total. The SMILES string of the molecule is O=S(=O)(O)CCF.O=S(=O)(O)CCF.OCCCCO. The van der Waals surface area contributed by atoms with Gasteiger partial charge in [0, 0.05) is 13.2 Å². The molecule has 0 saturated carbocycles. The molecule has 4 N–H and O–H groups in total. The summed E-state index contributed by atoms with van der Waals surface area (Å²) < 4.78 is 75.6. The Kier molecular flexibility index (Phi) is 18.5. The van der Waals surface area contributed by atoms with Gasteiger partial charge in [-0.3, -0.25) is 9.11 Å². The first-order valence-corrected chi connectivity index (χ1v) is 8.49. The van der Waals surface area contributed by atoms with Crippen LogP contribution in [-0.4, -0.2) is 74.2 Å². The molecule has 0 bridgehead atoms. The Balaban J connectivity index is -0.000000218. The minimum atomic E-state index is -4.05. The first kappa shape index (κ1) is 24.6. The predicted octanol–water partition coefficient (Wildman–Crippen LogP) is -0.561. The number of hydrogen-bond acceptors (Lipinski definition) is 6. The summed E-state index contributed by atoms with van der Waals surface area (Å²) >= 11 is 0. The molecule has 0 heterocycles. The number of hydrogen-bond donors (Lipinski definition) is 4. The summed E-state index contributed by atoms with van der Waals surface area (Å²) in [5.41, 5.74) is 0. The van der Waals surface area contributed by atoms with Crippen LogP contribution in [0.1, 0.15) is 12.8 Å². The van der Waals surface area contributed by atoms with E-state index in [0.29, 0.717) is 0 Å². The predicted molar refractivity (Wildman–Crippen MR) is 68.2 cm³/mol. The second kappa shape index (κ2) is 15.0. The van der Waals surface area contributed by atoms with Crippen molar-refractivity contribution in [3.63, 3.8) is 0 Å². The fraction of sp³-hybridized carbons (Fsp3) is 1.00. The fourth-order valence-corrected chi connectivity index (χ4v) is 0.809. The van der Waals surface area contributed by atoms with Crippen molar-refractivity contribution in [3.8, 4) is 0 Å². The van der Waals surface area contributed by atoms with E-state index in [2.05, 4.69) is 0 Å². The molecule has 12 heteroatoms. The highest BCUT2D eigenvalue weighted by molar-refractivity contribution is 7.86. The van der Waals surface area contributed by atoms with E-state index < -0.39 is 45.1 Å². The van der Waals surface area contributed by atoms with Gasteiger partial charge in [-0.05, 0) is 12.8 Å². The Hall–Kier alpha value is -0.400. The highest BCUT2D eigenvalue weighted by Gasteiger charge is 2.00. The maximum Gasteiger partial charge on any atom is 0.267 e. The molecule has 0 atom stereocenters. The van der Waals surface area contributed by atoms with E-state index in [1.165, 1.54) is 0 Å². The average molecular weight is 346 g/mol. The zero-order valence-electron chi connectivity index (χ0n) is 10.7. The van der Waals surface area contributed by atoms with Crippen molar-refractivity contribution in [2.75, 3.05) is 38.1 Å². The topological polar surface area (TPSA) is 149 Å². The Morgan fingerprint density at radius 1 is 0.700 bits per heavy atom. The largest absolute Gasteiger partial charge is 0.396 e. The van der Waals surface area contributed by atoms with Crippen molar-refractivity contribution in [3.05, 3.63) is 0 Å². The van der Waals surface area contributed by atoms with Gasteiger partial charge in [0.15, 0.2) is 0 Å². The minimum Gasteiger partial charge on any atom is -0.396 e. The van der Waals surface area contributed by atoms with Crippen LogP contribution in [0.15, 0.2) is 0 Å². The summed E-state index contributed by atoms with van der Waals surface area (Å²) in [6, 6.07) is 0. The number of unbranched alkanes of at least 4 members (excludes halogenated alkanes) is 1. The normalized spacial score (nSPS) is 10.9. The van der Waals surface area contributed by atoms with Crippen LogP contribution in [0.5, 0.6) is 0 Å².